The molecule has 0 radical (unpaired) electrons. The molecule has 0 aromatic carbocycles. The van der Waals surface area contributed by atoms with Crippen molar-refractivity contribution in [3.05, 3.63) is 24.3 Å². The number of carbonyl (C=O) groups is 2. The lowest BCUT2D eigenvalue weighted by Crippen LogP contribution is -2.45. The minimum Gasteiger partial charge on any atom is -0.466 e. The Morgan fingerprint density at radius 1 is 0.307 bits per heavy atom. The zero-order valence-electron chi connectivity index (χ0n) is 60.0. The van der Waals surface area contributed by atoms with Gasteiger partial charge in [0.05, 0.1) is 25.4 Å². The van der Waals surface area contributed by atoms with Gasteiger partial charge in [0.2, 0.25) is 5.91 Å². The van der Waals surface area contributed by atoms with Gasteiger partial charge in [-0.3, -0.25) is 9.59 Å². The normalized spacial score (nSPS) is 12.5. The molecule has 0 saturated carbocycles. The zero-order chi connectivity index (χ0) is 63.5. The summed E-state index contributed by atoms with van der Waals surface area (Å²) in [6.45, 7) is 4.95. The van der Waals surface area contributed by atoms with Crippen molar-refractivity contribution in [2.24, 2.45) is 0 Å². The van der Waals surface area contributed by atoms with Gasteiger partial charge in [0, 0.05) is 12.8 Å². The summed E-state index contributed by atoms with van der Waals surface area (Å²) in [5, 5.41) is 23.3. The van der Waals surface area contributed by atoms with Crippen LogP contribution in [0.15, 0.2) is 24.3 Å². The molecule has 1 amide bonds. The van der Waals surface area contributed by atoms with E-state index in [1.165, 1.54) is 392 Å². The quantitative estimate of drug-likeness (QED) is 0.0320. The van der Waals surface area contributed by atoms with Crippen LogP contribution < -0.4 is 5.32 Å². The Balaban J connectivity index is 3.35. The van der Waals surface area contributed by atoms with Gasteiger partial charge < -0.3 is 20.3 Å². The second-order valence-corrected chi connectivity index (χ2v) is 28.1. The Labute approximate surface area is 551 Å². The predicted octanol–water partition coefficient (Wildman–Crippen LogP) is 26.8. The first-order valence-electron chi connectivity index (χ1n) is 40.6. The summed E-state index contributed by atoms with van der Waals surface area (Å²) < 4.78 is 5.49. The number of ether oxygens (including phenoxy) is 1. The molecule has 2 atom stereocenters. The average molecular weight is 1240 g/mol. The number of aliphatic hydroxyl groups is 2. The van der Waals surface area contributed by atoms with Gasteiger partial charge in [-0.2, -0.15) is 0 Å². The summed E-state index contributed by atoms with van der Waals surface area (Å²) in [5.74, 6) is -0.0438. The minimum absolute atomic E-state index is 0.0139. The molecule has 0 bridgehead atoms. The standard InChI is InChI=1S/C82H159NO5/c1-3-5-7-9-11-13-15-17-19-20-21-22-23-35-38-41-44-47-50-54-58-62-66-70-74-80(85)79(78-84)83-81(86)75-71-67-63-59-55-51-48-45-42-39-36-33-31-29-27-25-24-26-28-30-32-34-37-40-43-46-49-53-57-61-65-69-73-77-88-82(87)76-72-68-64-60-56-52-18-16-14-12-10-8-6-4-2/h16,18,70,74,79-80,84-85H,3-15,17,19-69,71-73,75-78H2,1-2H3,(H,83,86)/b18-16-,74-70+. The van der Waals surface area contributed by atoms with Crippen LogP contribution in [0.25, 0.3) is 0 Å². The van der Waals surface area contributed by atoms with Gasteiger partial charge in [0.1, 0.15) is 0 Å². The van der Waals surface area contributed by atoms with Crippen molar-refractivity contribution in [3.63, 3.8) is 0 Å². The number of hydrogen-bond acceptors (Lipinski definition) is 5. The van der Waals surface area contributed by atoms with Crippen molar-refractivity contribution in [3.8, 4) is 0 Å². The molecule has 6 nitrogen and oxygen atoms in total. The van der Waals surface area contributed by atoms with Crippen LogP contribution in [-0.4, -0.2) is 47.4 Å². The van der Waals surface area contributed by atoms with E-state index in [-0.39, 0.29) is 18.5 Å². The topological polar surface area (TPSA) is 95.9 Å². The van der Waals surface area contributed by atoms with Crippen molar-refractivity contribution >= 4 is 11.9 Å². The Kier molecular flexibility index (Phi) is 76.3. The average Bonchev–Trinajstić information content (AvgIpc) is 3.58. The summed E-state index contributed by atoms with van der Waals surface area (Å²) in [7, 11) is 0. The Hall–Kier alpha value is -1.66. The van der Waals surface area contributed by atoms with E-state index in [1.807, 2.05) is 6.08 Å². The molecular weight excluding hydrogens is 1080 g/mol. The van der Waals surface area contributed by atoms with Crippen LogP contribution >= 0.6 is 0 Å². The van der Waals surface area contributed by atoms with Gasteiger partial charge >= 0.3 is 5.97 Å². The maximum atomic E-state index is 12.6. The van der Waals surface area contributed by atoms with Crippen LogP contribution in [0, 0.1) is 0 Å². The fraction of sp³-hybridized carbons (Fsp3) is 0.927. The number of allylic oxidation sites excluding steroid dienone is 3. The van der Waals surface area contributed by atoms with Crippen LogP contribution in [-0.2, 0) is 14.3 Å². The number of hydrogen-bond donors (Lipinski definition) is 3. The smallest absolute Gasteiger partial charge is 0.305 e. The summed E-state index contributed by atoms with van der Waals surface area (Å²) >= 11 is 0. The molecule has 0 aliphatic carbocycles. The van der Waals surface area contributed by atoms with Gasteiger partial charge in [-0.25, -0.2) is 0 Å². The summed E-state index contributed by atoms with van der Waals surface area (Å²) in [6, 6.07) is -0.625. The van der Waals surface area contributed by atoms with Crippen LogP contribution in [0.2, 0.25) is 0 Å². The Bertz CT molecular complexity index is 1380. The molecule has 6 heteroatoms. The monoisotopic (exact) mass is 1240 g/mol. The van der Waals surface area contributed by atoms with Crippen molar-refractivity contribution in [1.82, 2.24) is 5.32 Å². The highest BCUT2D eigenvalue weighted by atomic mass is 16.5. The molecule has 3 N–H and O–H groups in total. The molecule has 0 fully saturated rings. The Morgan fingerprint density at radius 3 is 0.807 bits per heavy atom. The van der Waals surface area contributed by atoms with E-state index < -0.39 is 12.1 Å². The first-order chi connectivity index (χ1) is 43.5. The van der Waals surface area contributed by atoms with Gasteiger partial charge in [-0.15, -0.1) is 0 Å². The van der Waals surface area contributed by atoms with Gasteiger partial charge in [-0.05, 0) is 57.8 Å². The highest BCUT2D eigenvalue weighted by molar-refractivity contribution is 5.76. The largest absolute Gasteiger partial charge is 0.466 e. The molecule has 522 valence electrons. The summed E-state index contributed by atoms with van der Waals surface area (Å²) in [4.78, 5) is 24.6. The van der Waals surface area contributed by atoms with Crippen LogP contribution in [0.1, 0.15) is 463 Å². The van der Waals surface area contributed by atoms with Crippen molar-refractivity contribution in [2.75, 3.05) is 13.2 Å². The van der Waals surface area contributed by atoms with E-state index in [4.69, 9.17) is 4.74 Å². The van der Waals surface area contributed by atoms with Gasteiger partial charge in [0.25, 0.3) is 0 Å². The maximum absolute atomic E-state index is 12.6. The third-order valence-corrected chi connectivity index (χ3v) is 19.2. The first kappa shape index (κ1) is 86.3. The summed E-state index contributed by atoms with van der Waals surface area (Å²) in [6.07, 6.45) is 100. The van der Waals surface area contributed by atoms with E-state index in [1.54, 1.807) is 6.08 Å². The molecule has 0 rings (SSSR count). The molecule has 0 heterocycles. The number of amides is 1. The van der Waals surface area contributed by atoms with E-state index in [9.17, 15) is 19.8 Å². The molecule has 0 spiro atoms. The van der Waals surface area contributed by atoms with E-state index in [0.29, 0.717) is 19.4 Å². The molecule has 2 unspecified atom stereocenters. The second kappa shape index (κ2) is 77.8. The number of esters is 1. The highest BCUT2D eigenvalue weighted by Gasteiger charge is 2.18. The lowest BCUT2D eigenvalue weighted by Gasteiger charge is -2.20. The predicted molar refractivity (Wildman–Crippen MR) is 389 cm³/mol. The molecule has 0 aromatic rings. The maximum Gasteiger partial charge on any atom is 0.305 e. The van der Waals surface area contributed by atoms with Crippen LogP contribution in [0.4, 0.5) is 0 Å². The third kappa shape index (κ3) is 73.4. The lowest BCUT2D eigenvalue weighted by atomic mass is 10.0. The summed E-state index contributed by atoms with van der Waals surface area (Å²) in [5.41, 5.74) is 0. The van der Waals surface area contributed by atoms with E-state index in [2.05, 4.69) is 31.3 Å². The van der Waals surface area contributed by atoms with E-state index >= 15 is 0 Å². The second-order valence-electron chi connectivity index (χ2n) is 28.1. The first-order valence-corrected chi connectivity index (χ1v) is 40.6. The molecular formula is C82H159NO5. The van der Waals surface area contributed by atoms with Gasteiger partial charge in [-0.1, -0.05) is 417 Å². The number of aliphatic hydroxyl groups excluding tert-OH is 2. The SMILES string of the molecule is CCCCCCC/C=C\CCCCCCCC(=O)OCCCCCCCCCCCCCCCCCCCCCCCCCCCCCCCCCCCC(=O)NC(CO)C(O)/C=C/CCCCCCCCCCCCCCCCCCCCCCCC. The molecule has 0 aromatic heterocycles. The molecule has 88 heavy (non-hydrogen) atoms. The van der Waals surface area contributed by atoms with Crippen LogP contribution in [0.3, 0.4) is 0 Å². The third-order valence-electron chi connectivity index (χ3n) is 19.2. The lowest BCUT2D eigenvalue weighted by molar-refractivity contribution is -0.143. The number of rotatable bonds is 77. The number of nitrogens with one attached hydrogen (secondary N) is 1. The van der Waals surface area contributed by atoms with Crippen LogP contribution in [0.5, 0.6) is 0 Å². The van der Waals surface area contributed by atoms with Crippen molar-refractivity contribution < 1.29 is 24.5 Å². The van der Waals surface area contributed by atoms with Crippen molar-refractivity contribution in [2.45, 2.75) is 475 Å². The molecule has 0 saturated heterocycles. The highest BCUT2D eigenvalue weighted by Crippen LogP contribution is 2.20. The number of carbonyl (C=O) groups excluding carboxylic acids is 2. The van der Waals surface area contributed by atoms with Crippen molar-refractivity contribution in [1.29, 1.82) is 0 Å². The Morgan fingerprint density at radius 2 is 0.534 bits per heavy atom. The minimum atomic E-state index is -0.842. The molecule has 0 aliphatic rings. The fourth-order valence-corrected chi connectivity index (χ4v) is 13.0. The zero-order valence-corrected chi connectivity index (χ0v) is 60.0. The number of unbranched alkanes of at least 4 members (excludes halogenated alkanes) is 64. The molecule has 0 aliphatic heterocycles. The van der Waals surface area contributed by atoms with E-state index in [0.717, 1.165) is 44.9 Å². The fourth-order valence-electron chi connectivity index (χ4n) is 13.0. The van der Waals surface area contributed by atoms with Gasteiger partial charge in [0.15, 0.2) is 0 Å².